The quantitative estimate of drug-likeness (QED) is 0.597. The highest BCUT2D eigenvalue weighted by atomic mass is 79.9. The molecule has 0 bridgehead atoms. The number of nitro benzene ring substituents is 1. The number of hydrogen-bond donors (Lipinski definition) is 1. The Morgan fingerprint density at radius 1 is 1.29 bits per heavy atom. The van der Waals surface area contributed by atoms with Gasteiger partial charge in [-0.25, -0.2) is 4.79 Å². The van der Waals surface area contributed by atoms with Crippen LogP contribution in [-0.2, 0) is 0 Å². The average molecular weight is 389 g/mol. The molecule has 0 heterocycles. The van der Waals surface area contributed by atoms with Crippen molar-refractivity contribution in [2.45, 2.75) is 9.79 Å². The minimum Gasteiger partial charge on any atom is -0.478 e. The van der Waals surface area contributed by atoms with Gasteiger partial charge in [-0.3, -0.25) is 10.1 Å². The minimum absolute atomic E-state index is 0.0110. The second kappa shape index (κ2) is 6.46. The molecular weight excluding hydrogens is 382 g/mol. The molecule has 8 heteroatoms. The van der Waals surface area contributed by atoms with Crippen molar-refractivity contribution in [3.05, 3.63) is 61.6 Å². The van der Waals surface area contributed by atoms with Gasteiger partial charge in [0.2, 0.25) is 0 Å². The third kappa shape index (κ3) is 3.55. The van der Waals surface area contributed by atoms with E-state index in [0.717, 1.165) is 11.8 Å². The smallest absolute Gasteiger partial charge is 0.336 e. The van der Waals surface area contributed by atoms with Crippen LogP contribution in [0.4, 0.5) is 5.69 Å². The lowest BCUT2D eigenvalue weighted by atomic mass is 10.2. The maximum atomic E-state index is 11.2. The summed E-state index contributed by atoms with van der Waals surface area (Å²) in [6, 6.07) is 9.16. The van der Waals surface area contributed by atoms with Gasteiger partial charge in [0.25, 0.3) is 0 Å². The molecule has 2 aromatic carbocycles. The number of hydrogen-bond acceptors (Lipinski definition) is 4. The maximum Gasteiger partial charge on any atom is 0.336 e. The molecule has 0 saturated carbocycles. The molecule has 0 saturated heterocycles. The van der Waals surface area contributed by atoms with Crippen molar-refractivity contribution in [3.8, 4) is 0 Å². The number of nitrogens with zero attached hydrogens (tertiary/aromatic N) is 1. The summed E-state index contributed by atoms with van der Waals surface area (Å²) in [7, 11) is 0. The van der Waals surface area contributed by atoms with E-state index in [0.29, 0.717) is 9.37 Å². The molecule has 0 aromatic heterocycles. The largest absolute Gasteiger partial charge is 0.478 e. The molecule has 1 N–H and O–H groups in total. The van der Waals surface area contributed by atoms with Gasteiger partial charge >= 0.3 is 11.7 Å². The average Bonchev–Trinajstić information content (AvgIpc) is 2.37. The van der Waals surface area contributed by atoms with E-state index < -0.39 is 10.9 Å². The van der Waals surface area contributed by atoms with Crippen molar-refractivity contribution in [1.82, 2.24) is 0 Å². The van der Waals surface area contributed by atoms with Crippen LogP contribution in [0, 0.1) is 10.1 Å². The number of benzene rings is 2. The number of carbonyl (C=O) groups is 1. The van der Waals surface area contributed by atoms with Crippen molar-refractivity contribution < 1.29 is 14.8 Å². The zero-order chi connectivity index (χ0) is 15.6. The van der Waals surface area contributed by atoms with Crippen LogP contribution in [0.2, 0.25) is 5.02 Å². The number of rotatable bonds is 4. The van der Waals surface area contributed by atoms with E-state index >= 15 is 0 Å². The van der Waals surface area contributed by atoms with Crippen molar-refractivity contribution in [2.75, 3.05) is 0 Å². The Morgan fingerprint density at radius 3 is 2.62 bits per heavy atom. The van der Waals surface area contributed by atoms with Gasteiger partial charge in [-0.05, 0) is 30.3 Å². The molecular formula is C13H7BrClNO4S. The van der Waals surface area contributed by atoms with Gasteiger partial charge in [-0.1, -0.05) is 45.4 Å². The van der Waals surface area contributed by atoms with E-state index in [1.54, 1.807) is 18.2 Å². The first-order valence-corrected chi connectivity index (χ1v) is 7.52. The van der Waals surface area contributed by atoms with Crippen molar-refractivity contribution >= 4 is 50.9 Å². The molecule has 0 aliphatic heterocycles. The molecule has 0 atom stereocenters. The summed E-state index contributed by atoms with van der Waals surface area (Å²) in [5, 5.41) is 20.3. The summed E-state index contributed by atoms with van der Waals surface area (Å²) in [5.41, 5.74) is -0.169. The van der Waals surface area contributed by atoms with Gasteiger partial charge in [0.15, 0.2) is 0 Å². The van der Waals surface area contributed by atoms with Crippen molar-refractivity contribution in [2.24, 2.45) is 0 Å². The molecule has 2 rings (SSSR count). The molecule has 0 aliphatic carbocycles. The van der Waals surface area contributed by atoms with Gasteiger partial charge in [0.1, 0.15) is 5.02 Å². The van der Waals surface area contributed by atoms with Gasteiger partial charge in [0.05, 0.1) is 15.4 Å². The Kier molecular flexibility index (Phi) is 4.87. The third-order valence-corrected chi connectivity index (χ3v) is 4.43. The van der Waals surface area contributed by atoms with E-state index in [2.05, 4.69) is 15.9 Å². The molecule has 5 nitrogen and oxygen atoms in total. The predicted octanol–water partition coefficient (Wildman–Crippen LogP) is 4.86. The van der Waals surface area contributed by atoms with Gasteiger partial charge < -0.3 is 5.11 Å². The number of para-hydroxylation sites is 1. The van der Waals surface area contributed by atoms with Crippen molar-refractivity contribution in [1.29, 1.82) is 0 Å². The minimum atomic E-state index is -1.10. The molecule has 108 valence electrons. The summed E-state index contributed by atoms with van der Waals surface area (Å²) in [4.78, 5) is 22.4. The molecule has 21 heavy (non-hydrogen) atoms. The predicted molar refractivity (Wildman–Crippen MR) is 83.3 cm³/mol. The summed E-state index contributed by atoms with van der Waals surface area (Å²) >= 11 is 10.1. The van der Waals surface area contributed by atoms with Crippen LogP contribution in [0.5, 0.6) is 0 Å². The third-order valence-electron chi connectivity index (χ3n) is 2.53. The zero-order valence-corrected chi connectivity index (χ0v) is 13.4. The van der Waals surface area contributed by atoms with Crippen LogP contribution in [0.3, 0.4) is 0 Å². The number of carboxylic acids is 1. The van der Waals surface area contributed by atoms with Gasteiger partial charge in [-0.2, -0.15) is 0 Å². The summed E-state index contributed by atoms with van der Waals surface area (Å²) in [6.07, 6.45) is 0. The fraction of sp³-hybridized carbons (Fsp3) is 0. The highest BCUT2D eigenvalue weighted by Crippen LogP contribution is 2.40. The number of aromatic carboxylic acids is 1. The number of nitro groups is 1. The summed E-state index contributed by atoms with van der Waals surface area (Å²) < 4.78 is 0.680. The van der Waals surface area contributed by atoms with E-state index in [1.165, 1.54) is 18.2 Å². The van der Waals surface area contributed by atoms with Gasteiger partial charge in [-0.15, -0.1) is 0 Å². The topological polar surface area (TPSA) is 80.4 Å². The zero-order valence-electron chi connectivity index (χ0n) is 10.2. The second-order valence-corrected chi connectivity index (χ2v) is 6.30. The van der Waals surface area contributed by atoms with Crippen LogP contribution in [0.25, 0.3) is 0 Å². The first-order chi connectivity index (χ1) is 9.90. The monoisotopic (exact) mass is 387 g/mol. The molecule has 0 unspecified atom stereocenters. The Balaban J connectivity index is 2.53. The molecule has 0 aliphatic rings. The Morgan fingerprint density at radius 2 is 2.00 bits per heavy atom. The highest BCUT2D eigenvalue weighted by molar-refractivity contribution is 9.10. The van der Waals surface area contributed by atoms with E-state index in [-0.39, 0.29) is 21.2 Å². The lowest BCUT2D eigenvalue weighted by Gasteiger charge is -2.07. The maximum absolute atomic E-state index is 11.2. The molecule has 2 aromatic rings. The molecule has 0 spiro atoms. The van der Waals surface area contributed by atoms with E-state index in [4.69, 9.17) is 11.6 Å². The van der Waals surface area contributed by atoms with E-state index in [1.807, 2.05) is 0 Å². The lowest BCUT2D eigenvalue weighted by Crippen LogP contribution is -1.99. The summed E-state index contributed by atoms with van der Waals surface area (Å²) in [5.74, 6) is -1.10. The molecule has 0 radical (unpaired) electrons. The second-order valence-electron chi connectivity index (χ2n) is 3.89. The van der Waals surface area contributed by atoms with Crippen LogP contribution in [0.15, 0.2) is 50.7 Å². The number of carboxylic acid groups (broad SMARTS) is 1. The van der Waals surface area contributed by atoms with E-state index in [9.17, 15) is 20.0 Å². The Hall–Kier alpha value is -1.57. The molecule has 0 amide bonds. The SMILES string of the molecule is O=C(O)c1ccc(Br)cc1Sc1cccc(Cl)c1[N+](=O)[O-]. The fourth-order valence-electron chi connectivity index (χ4n) is 1.63. The molecule has 0 fully saturated rings. The highest BCUT2D eigenvalue weighted by Gasteiger charge is 2.21. The fourth-order valence-corrected chi connectivity index (χ4v) is 3.56. The lowest BCUT2D eigenvalue weighted by molar-refractivity contribution is -0.387. The number of halogens is 2. The van der Waals surface area contributed by atoms with Gasteiger partial charge in [0, 0.05) is 9.37 Å². The standard InChI is InChI=1S/C13H7BrClNO4S/c14-7-4-5-8(13(17)18)11(6-7)21-10-3-1-2-9(15)12(10)16(19)20/h1-6H,(H,17,18). The summed E-state index contributed by atoms with van der Waals surface area (Å²) in [6.45, 7) is 0. The van der Waals surface area contributed by atoms with Crippen LogP contribution in [-0.4, -0.2) is 16.0 Å². The Bertz CT molecular complexity index is 738. The first kappa shape index (κ1) is 15.8. The first-order valence-electron chi connectivity index (χ1n) is 5.53. The normalized spacial score (nSPS) is 10.4. The van der Waals surface area contributed by atoms with Crippen LogP contribution in [0.1, 0.15) is 10.4 Å². The van der Waals surface area contributed by atoms with Crippen molar-refractivity contribution in [3.63, 3.8) is 0 Å². The van der Waals surface area contributed by atoms with Crippen LogP contribution < -0.4 is 0 Å². The Labute approximate surface area is 137 Å². The van der Waals surface area contributed by atoms with Crippen LogP contribution >= 0.6 is 39.3 Å².